The molecule has 1 aliphatic rings. The third kappa shape index (κ3) is 2.82. The number of methoxy groups -OCH3 is 1. The number of halogens is 1. The number of carboxylic acid groups (broad SMARTS) is 1. The Morgan fingerprint density at radius 1 is 1.40 bits per heavy atom. The molecule has 20 heavy (non-hydrogen) atoms. The van der Waals surface area contributed by atoms with Gasteiger partial charge in [0.05, 0.1) is 19.1 Å². The fraction of sp³-hybridized carbons (Fsp3) is 0.400. The summed E-state index contributed by atoms with van der Waals surface area (Å²) in [7, 11) is 1.36. The topological polar surface area (TPSA) is 66.8 Å². The minimum Gasteiger partial charge on any atom is -0.494 e. The monoisotopic (exact) mass is 280 g/mol. The maximum absolute atomic E-state index is 13.7. The summed E-state index contributed by atoms with van der Waals surface area (Å²) in [4.78, 5) is 11.2. The molecule has 2 rings (SSSR count). The molecule has 5 heteroatoms. The van der Waals surface area contributed by atoms with Crippen LogP contribution in [0.4, 0.5) is 4.39 Å². The van der Waals surface area contributed by atoms with Crippen molar-refractivity contribution >= 4 is 5.97 Å². The zero-order chi connectivity index (χ0) is 14.7. The zero-order valence-electron chi connectivity index (χ0n) is 11.1. The van der Waals surface area contributed by atoms with Crippen LogP contribution in [-0.4, -0.2) is 23.3 Å². The lowest BCUT2D eigenvalue weighted by atomic mass is 9.77. The molecule has 3 unspecified atom stereocenters. The second-order valence-electron chi connectivity index (χ2n) is 4.89. The minimum absolute atomic E-state index is 0.0966. The first kappa shape index (κ1) is 14.5. The average Bonchev–Trinajstić information content (AvgIpc) is 2.46. The van der Waals surface area contributed by atoms with Gasteiger partial charge in [0.25, 0.3) is 0 Å². The van der Waals surface area contributed by atoms with Gasteiger partial charge in [-0.2, -0.15) is 0 Å². The van der Waals surface area contributed by atoms with Crippen LogP contribution in [0.5, 0.6) is 5.75 Å². The molecule has 0 heterocycles. The summed E-state index contributed by atoms with van der Waals surface area (Å²) in [6.07, 6.45) is 3.49. The molecule has 3 atom stereocenters. The number of ether oxygens (including phenoxy) is 1. The zero-order valence-corrected chi connectivity index (χ0v) is 11.1. The van der Waals surface area contributed by atoms with Crippen molar-refractivity contribution < 1.29 is 24.1 Å². The van der Waals surface area contributed by atoms with Crippen molar-refractivity contribution in [1.29, 1.82) is 0 Å². The molecule has 0 spiro atoms. The average molecular weight is 280 g/mol. The SMILES string of the molecule is COc1ccc(C(O)C2CC=CCC2C(=O)O)cc1F. The Labute approximate surface area is 116 Å². The van der Waals surface area contributed by atoms with Crippen molar-refractivity contribution in [2.24, 2.45) is 11.8 Å². The van der Waals surface area contributed by atoms with Crippen LogP contribution >= 0.6 is 0 Å². The standard InChI is InChI=1S/C15H17FO4/c1-20-13-7-6-9(8-12(13)16)14(17)10-4-2-3-5-11(10)15(18)19/h2-3,6-8,10-11,14,17H,4-5H2,1H3,(H,18,19). The molecule has 0 saturated heterocycles. The highest BCUT2D eigenvalue weighted by Crippen LogP contribution is 2.37. The highest BCUT2D eigenvalue weighted by molar-refractivity contribution is 5.71. The summed E-state index contributed by atoms with van der Waals surface area (Å²) in [5.41, 5.74) is 0.370. The Hall–Kier alpha value is -1.88. The van der Waals surface area contributed by atoms with Crippen molar-refractivity contribution in [1.82, 2.24) is 0 Å². The Kier molecular flexibility index (Phi) is 4.39. The molecule has 1 aliphatic carbocycles. The maximum Gasteiger partial charge on any atom is 0.307 e. The summed E-state index contributed by atoms with van der Waals surface area (Å²) in [6, 6.07) is 4.19. The van der Waals surface area contributed by atoms with Crippen LogP contribution in [0.2, 0.25) is 0 Å². The summed E-state index contributed by atoms with van der Waals surface area (Å²) in [6.45, 7) is 0. The van der Waals surface area contributed by atoms with Gasteiger partial charge in [0, 0.05) is 5.92 Å². The molecular weight excluding hydrogens is 263 g/mol. The number of allylic oxidation sites excluding steroid dienone is 2. The van der Waals surface area contributed by atoms with E-state index in [9.17, 15) is 19.4 Å². The summed E-state index contributed by atoms with van der Waals surface area (Å²) >= 11 is 0. The second kappa shape index (κ2) is 6.05. The van der Waals surface area contributed by atoms with Crippen molar-refractivity contribution in [3.8, 4) is 5.75 Å². The first-order valence-corrected chi connectivity index (χ1v) is 6.44. The van der Waals surface area contributed by atoms with Crippen LogP contribution in [0.25, 0.3) is 0 Å². The summed E-state index contributed by atoms with van der Waals surface area (Å²) in [5, 5.41) is 19.6. The highest BCUT2D eigenvalue weighted by atomic mass is 19.1. The largest absolute Gasteiger partial charge is 0.494 e. The van der Waals surface area contributed by atoms with E-state index in [0.29, 0.717) is 18.4 Å². The van der Waals surface area contributed by atoms with Crippen LogP contribution in [0.3, 0.4) is 0 Å². The number of hydrogen-bond donors (Lipinski definition) is 2. The van der Waals surface area contributed by atoms with E-state index in [2.05, 4.69) is 0 Å². The van der Waals surface area contributed by atoms with Crippen LogP contribution in [0, 0.1) is 17.7 Å². The van der Waals surface area contributed by atoms with Gasteiger partial charge >= 0.3 is 5.97 Å². The Balaban J connectivity index is 2.25. The fourth-order valence-corrected chi connectivity index (χ4v) is 2.58. The van der Waals surface area contributed by atoms with E-state index in [1.807, 2.05) is 6.08 Å². The summed E-state index contributed by atoms with van der Waals surface area (Å²) < 4.78 is 18.5. The lowest BCUT2D eigenvalue weighted by Gasteiger charge is -2.29. The van der Waals surface area contributed by atoms with Crippen molar-refractivity contribution in [2.75, 3.05) is 7.11 Å². The molecule has 0 fully saturated rings. The molecule has 108 valence electrons. The molecule has 0 aromatic heterocycles. The number of carbonyl (C=O) groups is 1. The molecular formula is C15H17FO4. The van der Waals surface area contributed by atoms with E-state index >= 15 is 0 Å². The van der Waals surface area contributed by atoms with Gasteiger partial charge in [-0.25, -0.2) is 4.39 Å². The van der Waals surface area contributed by atoms with E-state index in [1.165, 1.54) is 19.2 Å². The lowest BCUT2D eigenvalue weighted by molar-refractivity contribution is -0.145. The van der Waals surface area contributed by atoms with Crippen LogP contribution < -0.4 is 4.74 Å². The van der Waals surface area contributed by atoms with Crippen LogP contribution in [0.1, 0.15) is 24.5 Å². The van der Waals surface area contributed by atoms with E-state index in [1.54, 1.807) is 12.1 Å². The highest BCUT2D eigenvalue weighted by Gasteiger charge is 2.34. The number of aliphatic hydroxyl groups excluding tert-OH is 1. The van der Waals surface area contributed by atoms with Gasteiger partial charge in [-0.3, -0.25) is 4.79 Å². The quantitative estimate of drug-likeness (QED) is 0.832. The van der Waals surface area contributed by atoms with Crippen LogP contribution in [-0.2, 0) is 4.79 Å². The second-order valence-corrected chi connectivity index (χ2v) is 4.89. The normalized spacial score (nSPS) is 23.4. The van der Waals surface area contributed by atoms with Gasteiger partial charge in [-0.1, -0.05) is 18.2 Å². The number of carboxylic acids is 1. The molecule has 0 radical (unpaired) electrons. The number of hydrogen-bond acceptors (Lipinski definition) is 3. The van der Waals surface area contributed by atoms with Crippen molar-refractivity contribution in [3.63, 3.8) is 0 Å². The number of aliphatic carboxylic acids is 1. The molecule has 0 bridgehead atoms. The first-order valence-electron chi connectivity index (χ1n) is 6.44. The molecule has 0 aliphatic heterocycles. The predicted molar refractivity (Wildman–Crippen MR) is 70.9 cm³/mol. The third-order valence-corrected chi connectivity index (χ3v) is 3.72. The van der Waals surface area contributed by atoms with Gasteiger partial charge in [0.15, 0.2) is 11.6 Å². The number of benzene rings is 1. The molecule has 1 aromatic carbocycles. The molecule has 2 N–H and O–H groups in total. The van der Waals surface area contributed by atoms with E-state index < -0.39 is 29.7 Å². The van der Waals surface area contributed by atoms with Gasteiger partial charge < -0.3 is 14.9 Å². The Bertz CT molecular complexity index is 527. The molecule has 0 saturated carbocycles. The smallest absolute Gasteiger partial charge is 0.307 e. The molecule has 1 aromatic rings. The minimum atomic E-state index is -1.01. The molecule has 4 nitrogen and oxygen atoms in total. The Morgan fingerprint density at radius 3 is 2.70 bits per heavy atom. The number of aliphatic hydroxyl groups is 1. The maximum atomic E-state index is 13.7. The Morgan fingerprint density at radius 2 is 2.10 bits per heavy atom. The fourth-order valence-electron chi connectivity index (χ4n) is 2.58. The first-order chi connectivity index (χ1) is 9.54. The van der Waals surface area contributed by atoms with E-state index in [-0.39, 0.29) is 5.75 Å². The van der Waals surface area contributed by atoms with Gasteiger partial charge in [-0.15, -0.1) is 0 Å². The molecule has 0 amide bonds. The van der Waals surface area contributed by atoms with Crippen molar-refractivity contribution in [3.05, 3.63) is 41.7 Å². The van der Waals surface area contributed by atoms with E-state index in [4.69, 9.17) is 4.74 Å². The van der Waals surface area contributed by atoms with E-state index in [0.717, 1.165) is 0 Å². The van der Waals surface area contributed by atoms with Gasteiger partial charge in [0.2, 0.25) is 0 Å². The van der Waals surface area contributed by atoms with Crippen LogP contribution in [0.15, 0.2) is 30.4 Å². The lowest BCUT2D eigenvalue weighted by Crippen LogP contribution is -2.29. The van der Waals surface area contributed by atoms with Gasteiger partial charge in [0.1, 0.15) is 0 Å². The predicted octanol–water partition coefficient (Wildman–Crippen LogP) is 2.53. The van der Waals surface area contributed by atoms with Crippen molar-refractivity contribution in [2.45, 2.75) is 18.9 Å². The van der Waals surface area contributed by atoms with Gasteiger partial charge in [-0.05, 0) is 30.5 Å². The third-order valence-electron chi connectivity index (χ3n) is 3.72. The summed E-state index contributed by atoms with van der Waals surface area (Å²) in [5.74, 6) is -2.51. The number of rotatable bonds is 4.